The molecule has 4 rings (SSSR count). The molecule has 1 aromatic heterocycles. The molecule has 8 heteroatoms. The number of nitrogens with zero attached hydrogens (tertiary/aromatic N) is 1. The maximum absolute atomic E-state index is 12.7. The molecule has 1 aliphatic carbocycles. The van der Waals surface area contributed by atoms with Crippen molar-refractivity contribution in [3.8, 4) is 5.75 Å². The molecule has 1 saturated carbocycles. The van der Waals surface area contributed by atoms with Gasteiger partial charge in [0.25, 0.3) is 5.91 Å². The van der Waals surface area contributed by atoms with E-state index in [1.165, 1.54) is 0 Å². The number of nitrogens with one attached hydrogen (secondary N) is 1. The monoisotopic (exact) mass is 512 g/mol. The fourth-order valence-electron chi connectivity index (χ4n) is 5.76. The molecular weight excluding hydrogens is 472 g/mol. The summed E-state index contributed by atoms with van der Waals surface area (Å²) in [4.78, 5) is 38.9. The first-order valence-corrected chi connectivity index (χ1v) is 13.8. The third kappa shape index (κ3) is 6.53. The van der Waals surface area contributed by atoms with Crippen LogP contribution in [0.2, 0.25) is 0 Å². The highest BCUT2D eigenvalue weighted by Crippen LogP contribution is 2.39. The molecule has 2 amide bonds. The average Bonchev–Trinajstić information content (AvgIpc) is 2.89. The minimum Gasteiger partial charge on any atom is -0.483 e. The van der Waals surface area contributed by atoms with Crippen molar-refractivity contribution in [1.82, 2.24) is 10.2 Å². The SMILES string of the molecule is CCCCc1cc(=O)oc2c(C)c(OCC(=O)NCCCC(=O)N3CC[C@]4(O)CCCC[C@H]4C3)ccc12. The van der Waals surface area contributed by atoms with E-state index in [1.807, 2.05) is 24.0 Å². The summed E-state index contributed by atoms with van der Waals surface area (Å²) in [6, 6.07) is 5.24. The summed E-state index contributed by atoms with van der Waals surface area (Å²) in [6.45, 7) is 5.41. The Kier molecular flexibility index (Phi) is 8.90. The molecule has 0 unspecified atom stereocenters. The Balaban J connectivity index is 1.22. The lowest BCUT2D eigenvalue weighted by atomic mass is 9.71. The Hall–Kier alpha value is -2.87. The van der Waals surface area contributed by atoms with E-state index in [2.05, 4.69) is 12.2 Å². The second-order valence-corrected chi connectivity index (χ2v) is 10.6. The van der Waals surface area contributed by atoms with Gasteiger partial charge >= 0.3 is 5.63 Å². The third-order valence-corrected chi connectivity index (χ3v) is 8.03. The minimum absolute atomic E-state index is 0.0877. The topological polar surface area (TPSA) is 109 Å². The number of amides is 2. The van der Waals surface area contributed by atoms with Gasteiger partial charge in [-0.15, -0.1) is 0 Å². The van der Waals surface area contributed by atoms with Gasteiger partial charge in [0.15, 0.2) is 6.61 Å². The van der Waals surface area contributed by atoms with E-state index in [-0.39, 0.29) is 30.0 Å². The molecule has 2 aliphatic rings. The first-order chi connectivity index (χ1) is 17.8. The number of ether oxygens (including phenoxy) is 1. The van der Waals surface area contributed by atoms with Crippen LogP contribution < -0.4 is 15.7 Å². The number of carbonyl (C=O) groups excluding carboxylic acids is 2. The predicted octanol–water partition coefficient (Wildman–Crippen LogP) is 3.87. The number of unbranched alkanes of at least 4 members (excludes halogenated alkanes) is 1. The highest BCUT2D eigenvalue weighted by Gasteiger charge is 2.43. The average molecular weight is 513 g/mol. The van der Waals surface area contributed by atoms with Crippen LogP contribution >= 0.6 is 0 Å². The van der Waals surface area contributed by atoms with Crippen molar-refractivity contribution in [3.05, 3.63) is 39.7 Å². The van der Waals surface area contributed by atoms with Crippen LogP contribution in [0.1, 0.15) is 75.8 Å². The number of fused-ring (bicyclic) bond motifs is 2. The number of benzene rings is 1. The van der Waals surface area contributed by atoms with Crippen LogP contribution in [-0.2, 0) is 16.0 Å². The Morgan fingerprint density at radius 2 is 2.08 bits per heavy atom. The Bertz CT molecular complexity index is 1170. The second-order valence-electron chi connectivity index (χ2n) is 10.6. The maximum Gasteiger partial charge on any atom is 0.336 e. The number of aryl methyl sites for hydroxylation is 2. The van der Waals surface area contributed by atoms with Crippen molar-refractivity contribution in [1.29, 1.82) is 0 Å². The van der Waals surface area contributed by atoms with Gasteiger partial charge < -0.3 is 24.5 Å². The Morgan fingerprint density at radius 3 is 2.89 bits per heavy atom. The highest BCUT2D eigenvalue weighted by molar-refractivity contribution is 5.85. The van der Waals surface area contributed by atoms with Crippen LogP contribution in [0.3, 0.4) is 0 Å². The molecular formula is C29H40N2O6. The molecule has 2 heterocycles. The van der Waals surface area contributed by atoms with Crippen molar-refractivity contribution in [2.24, 2.45) is 5.92 Å². The van der Waals surface area contributed by atoms with Gasteiger partial charge in [-0.2, -0.15) is 0 Å². The van der Waals surface area contributed by atoms with E-state index in [0.717, 1.165) is 55.9 Å². The highest BCUT2D eigenvalue weighted by atomic mass is 16.5. The van der Waals surface area contributed by atoms with Crippen molar-refractivity contribution < 1.29 is 23.8 Å². The lowest BCUT2D eigenvalue weighted by Gasteiger charge is -2.47. The van der Waals surface area contributed by atoms with E-state index in [9.17, 15) is 19.5 Å². The molecule has 2 fully saturated rings. The molecule has 2 N–H and O–H groups in total. The largest absolute Gasteiger partial charge is 0.483 e. The first kappa shape index (κ1) is 27.2. The lowest BCUT2D eigenvalue weighted by molar-refractivity contribution is -0.143. The standard InChI is InChI=1S/C29H40N2O6/c1-3-4-8-21-17-27(34)37-28-20(2)24(12-11-23(21)28)36-19-25(32)30-15-7-10-26(33)31-16-14-29(35)13-6-5-9-22(29)18-31/h11-12,17,22,35H,3-10,13-16,18-19H2,1-2H3,(H,30,32)/t22-,29+/m0/s1. The summed E-state index contributed by atoms with van der Waals surface area (Å²) in [5.74, 6) is 0.506. The first-order valence-electron chi connectivity index (χ1n) is 13.8. The molecule has 202 valence electrons. The maximum atomic E-state index is 12.7. The molecule has 0 spiro atoms. The Morgan fingerprint density at radius 1 is 1.24 bits per heavy atom. The van der Waals surface area contributed by atoms with Crippen LogP contribution in [0.25, 0.3) is 11.0 Å². The van der Waals surface area contributed by atoms with E-state index >= 15 is 0 Å². The molecule has 0 radical (unpaired) electrons. The smallest absolute Gasteiger partial charge is 0.336 e. The molecule has 1 saturated heterocycles. The van der Waals surface area contributed by atoms with Crippen LogP contribution in [0.5, 0.6) is 5.75 Å². The minimum atomic E-state index is -0.588. The molecule has 0 bridgehead atoms. The van der Waals surface area contributed by atoms with Gasteiger partial charge in [0.2, 0.25) is 5.91 Å². The summed E-state index contributed by atoms with van der Waals surface area (Å²) < 4.78 is 11.2. The van der Waals surface area contributed by atoms with Gasteiger partial charge in [-0.3, -0.25) is 9.59 Å². The van der Waals surface area contributed by atoms with Crippen molar-refractivity contribution >= 4 is 22.8 Å². The summed E-state index contributed by atoms with van der Waals surface area (Å²) >= 11 is 0. The lowest BCUT2D eigenvalue weighted by Crippen LogP contribution is -2.54. The summed E-state index contributed by atoms with van der Waals surface area (Å²) in [7, 11) is 0. The number of hydrogen-bond donors (Lipinski definition) is 2. The van der Waals surface area contributed by atoms with E-state index < -0.39 is 5.60 Å². The summed E-state index contributed by atoms with van der Waals surface area (Å²) in [5.41, 5.74) is 1.19. The van der Waals surface area contributed by atoms with Gasteiger partial charge in [0, 0.05) is 49.0 Å². The van der Waals surface area contributed by atoms with Crippen LogP contribution in [-0.4, -0.2) is 53.7 Å². The Labute approximate surface area is 218 Å². The van der Waals surface area contributed by atoms with Crippen molar-refractivity contribution in [3.63, 3.8) is 0 Å². The van der Waals surface area contributed by atoms with E-state index in [1.54, 1.807) is 6.07 Å². The summed E-state index contributed by atoms with van der Waals surface area (Å²) in [5, 5.41) is 14.5. The summed E-state index contributed by atoms with van der Waals surface area (Å²) in [6.07, 6.45) is 8.44. The van der Waals surface area contributed by atoms with E-state index in [0.29, 0.717) is 55.8 Å². The van der Waals surface area contributed by atoms with Gasteiger partial charge in [-0.05, 0) is 63.1 Å². The van der Waals surface area contributed by atoms with Gasteiger partial charge in [-0.1, -0.05) is 26.2 Å². The van der Waals surface area contributed by atoms with Crippen LogP contribution in [0.15, 0.2) is 27.4 Å². The molecule has 2 atom stereocenters. The second kappa shape index (κ2) is 12.1. The molecule has 1 aromatic carbocycles. The van der Waals surface area contributed by atoms with Crippen LogP contribution in [0, 0.1) is 12.8 Å². The third-order valence-electron chi connectivity index (χ3n) is 8.03. The van der Waals surface area contributed by atoms with Gasteiger partial charge in [0.1, 0.15) is 11.3 Å². The number of rotatable bonds is 10. The van der Waals surface area contributed by atoms with Crippen LogP contribution in [0.4, 0.5) is 0 Å². The fourth-order valence-corrected chi connectivity index (χ4v) is 5.76. The van der Waals surface area contributed by atoms with Crippen molar-refractivity contribution in [2.75, 3.05) is 26.2 Å². The number of carbonyl (C=O) groups is 2. The number of hydrogen-bond acceptors (Lipinski definition) is 6. The molecule has 37 heavy (non-hydrogen) atoms. The fraction of sp³-hybridized carbons (Fsp3) is 0.621. The zero-order valence-corrected chi connectivity index (χ0v) is 22.1. The molecule has 8 nitrogen and oxygen atoms in total. The molecule has 2 aromatic rings. The number of piperidine rings is 1. The normalized spacial score (nSPS) is 21.5. The van der Waals surface area contributed by atoms with Gasteiger partial charge in [0.05, 0.1) is 5.60 Å². The zero-order valence-electron chi connectivity index (χ0n) is 22.1. The van der Waals surface area contributed by atoms with E-state index in [4.69, 9.17) is 9.15 Å². The van der Waals surface area contributed by atoms with Gasteiger partial charge in [-0.25, -0.2) is 4.79 Å². The van der Waals surface area contributed by atoms with Crippen molar-refractivity contribution in [2.45, 2.75) is 83.7 Å². The molecule has 1 aliphatic heterocycles. The quantitative estimate of drug-likeness (QED) is 0.370. The number of likely N-dealkylation sites (tertiary alicyclic amines) is 1. The predicted molar refractivity (Wildman–Crippen MR) is 142 cm³/mol. The zero-order chi connectivity index (χ0) is 26.4. The number of aliphatic hydroxyl groups is 1.